The number of carbonyl (C=O) groups excluding carboxylic acids is 6. The lowest BCUT2D eigenvalue weighted by Gasteiger charge is -2.48. The summed E-state index contributed by atoms with van der Waals surface area (Å²) in [4.78, 5) is 84.3. The van der Waals surface area contributed by atoms with Gasteiger partial charge in [-0.2, -0.15) is 5.06 Å². The van der Waals surface area contributed by atoms with Gasteiger partial charge in [0, 0.05) is 37.3 Å². The predicted octanol–water partition coefficient (Wildman–Crippen LogP) is 0.841. The molecule has 4 saturated heterocycles. The summed E-state index contributed by atoms with van der Waals surface area (Å²) < 4.78 is 33.3. The number of aliphatic hydroxyl groups is 1. The van der Waals surface area contributed by atoms with E-state index < -0.39 is 101 Å². The van der Waals surface area contributed by atoms with Crippen LogP contribution in [0.4, 0.5) is 0 Å². The number of aliphatic hydroxyl groups excluding tert-OH is 1. The molecule has 6 rings (SSSR count). The van der Waals surface area contributed by atoms with E-state index in [0.717, 1.165) is 0 Å². The largest absolute Gasteiger partial charge is 0.462 e. The standard InChI is InChI=1S/C38H49N3O14/c1-36(2,3)54-27(45)13-11-23(18-42)40-25(43)14-15-39-35(48)38-16-24-28-29(51-20-50-28)31(38)55-41(30(38)33(46)52-24)17-22-9-7-6-8-21(22)10-12-26(44)53-32-34(47)49-19-37(32,4)5/h6-10,12,23-24,28-32,42H,11,13-20H2,1-5H3,(H,39,48)(H,40,43)/t23-,24+,28-,29-,30-,31+,32-,38-/m0/s1. The molecule has 5 aliphatic rings. The molecule has 2 amide bonds. The average molecular weight is 772 g/mol. The van der Waals surface area contributed by atoms with E-state index in [4.69, 9.17) is 33.3 Å². The zero-order valence-electron chi connectivity index (χ0n) is 31.6. The highest BCUT2D eigenvalue weighted by Gasteiger charge is 2.74. The van der Waals surface area contributed by atoms with Gasteiger partial charge in [0.25, 0.3) is 0 Å². The molecule has 5 fully saturated rings. The number of benzene rings is 1. The van der Waals surface area contributed by atoms with Crippen LogP contribution in [0.2, 0.25) is 0 Å². The van der Waals surface area contributed by atoms with E-state index in [1.807, 2.05) is 0 Å². The maximum atomic E-state index is 14.3. The number of hydrogen-bond acceptors (Lipinski definition) is 15. The fourth-order valence-electron chi connectivity index (χ4n) is 7.74. The average Bonchev–Trinajstić information content (AvgIpc) is 3.81. The first-order chi connectivity index (χ1) is 26.0. The lowest BCUT2D eigenvalue weighted by atomic mass is 9.62. The number of rotatable bonds is 14. The van der Waals surface area contributed by atoms with Gasteiger partial charge in [0.05, 0.1) is 19.2 Å². The van der Waals surface area contributed by atoms with Crippen LogP contribution >= 0.6 is 0 Å². The van der Waals surface area contributed by atoms with Gasteiger partial charge in [-0.25, -0.2) is 9.59 Å². The van der Waals surface area contributed by atoms with Gasteiger partial charge < -0.3 is 44.2 Å². The molecule has 1 aromatic carbocycles. The molecule has 2 bridgehead atoms. The van der Waals surface area contributed by atoms with Crippen molar-refractivity contribution in [2.24, 2.45) is 10.8 Å². The number of carbonyl (C=O) groups is 6. The number of esters is 4. The third-order valence-corrected chi connectivity index (χ3v) is 10.4. The Morgan fingerprint density at radius 1 is 1.07 bits per heavy atom. The molecular formula is C38H49N3O14. The van der Waals surface area contributed by atoms with E-state index >= 15 is 0 Å². The molecule has 17 heteroatoms. The van der Waals surface area contributed by atoms with Crippen LogP contribution in [-0.2, 0) is 68.6 Å². The molecule has 1 saturated carbocycles. The second kappa shape index (κ2) is 16.0. The Bertz CT molecular complexity index is 1710. The summed E-state index contributed by atoms with van der Waals surface area (Å²) in [6.45, 7) is 8.33. The van der Waals surface area contributed by atoms with Crippen LogP contribution in [0, 0.1) is 10.8 Å². The van der Waals surface area contributed by atoms with Crippen molar-refractivity contribution in [3.63, 3.8) is 0 Å². The van der Waals surface area contributed by atoms with Gasteiger partial charge in [0.2, 0.25) is 17.9 Å². The fourth-order valence-corrected chi connectivity index (χ4v) is 7.74. The van der Waals surface area contributed by atoms with E-state index in [9.17, 15) is 33.9 Å². The molecule has 1 aromatic rings. The summed E-state index contributed by atoms with van der Waals surface area (Å²) in [6.07, 6.45) is -1.33. The maximum Gasteiger partial charge on any atom is 0.348 e. The van der Waals surface area contributed by atoms with Gasteiger partial charge in [-0.1, -0.05) is 38.1 Å². The molecule has 0 radical (unpaired) electrons. The van der Waals surface area contributed by atoms with Crippen LogP contribution in [0.1, 0.15) is 71.4 Å². The number of hydroxylamine groups is 2. The third-order valence-electron chi connectivity index (χ3n) is 10.4. The van der Waals surface area contributed by atoms with Crippen LogP contribution < -0.4 is 10.6 Å². The second-order valence-electron chi connectivity index (χ2n) is 16.1. The Kier molecular flexibility index (Phi) is 11.7. The molecule has 0 spiro atoms. The van der Waals surface area contributed by atoms with E-state index in [-0.39, 0.29) is 52.2 Å². The van der Waals surface area contributed by atoms with E-state index in [0.29, 0.717) is 11.1 Å². The Labute approximate surface area is 318 Å². The molecule has 0 unspecified atom stereocenters. The summed E-state index contributed by atoms with van der Waals surface area (Å²) in [7, 11) is 0. The van der Waals surface area contributed by atoms with Crippen LogP contribution in [0.3, 0.4) is 0 Å². The summed E-state index contributed by atoms with van der Waals surface area (Å²) in [5, 5.41) is 16.7. The van der Waals surface area contributed by atoms with Crippen LogP contribution in [0.15, 0.2) is 30.3 Å². The lowest BCUT2D eigenvalue weighted by Crippen LogP contribution is -2.69. The monoisotopic (exact) mass is 771 g/mol. The summed E-state index contributed by atoms with van der Waals surface area (Å²) in [5.41, 5.74) is -1.58. The van der Waals surface area contributed by atoms with Crippen molar-refractivity contribution in [2.75, 3.05) is 26.6 Å². The number of fused-ring (bicyclic) bond motifs is 4. The van der Waals surface area contributed by atoms with Gasteiger partial charge in [-0.05, 0) is 44.4 Å². The quantitative estimate of drug-likeness (QED) is 0.136. The zero-order chi connectivity index (χ0) is 39.7. The van der Waals surface area contributed by atoms with Crippen LogP contribution in [-0.4, -0.2) is 121 Å². The number of ether oxygens (including phenoxy) is 6. The van der Waals surface area contributed by atoms with Gasteiger partial charge in [0.15, 0.2) is 6.04 Å². The molecule has 4 aliphatic heterocycles. The summed E-state index contributed by atoms with van der Waals surface area (Å²) in [6, 6.07) is 5.17. The van der Waals surface area contributed by atoms with Crippen molar-refractivity contribution in [1.82, 2.24) is 15.7 Å². The molecule has 0 aromatic heterocycles. The van der Waals surface area contributed by atoms with Crippen molar-refractivity contribution in [1.29, 1.82) is 0 Å². The van der Waals surface area contributed by atoms with Crippen molar-refractivity contribution < 1.29 is 67.1 Å². The Morgan fingerprint density at radius 3 is 2.53 bits per heavy atom. The Morgan fingerprint density at radius 2 is 1.82 bits per heavy atom. The van der Waals surface area contributed by atoms with Gasteiger partial charge >= 0.3 is 23.9 Å². The molecule has 1 aliphatic carbocycles. The lowest BCUT2D eigenvalue weighted by molar-refractivity contribution is -0.201. The fraction of sp³-hybridized carbons (Fsp3) is 0.632. The minimum absolute atomic E-state index is 0.000000348. The highest BCUT2D eigenvalue weighted by Crippen LogP contribution is 2.55. The smallest absolute Gasteiger partial charge is 0.348 e. The molecular weight excluding hydrogens is 722 g/mol. The van der Waals surface area contributed by atoms with E-state index in [1.165, 1.54) is 17.2 Å². The number of nitrogens with one attached hydrogen (secondary N) is 2. The Hall–Kier alpha value is -4.42. The number of cyclic esters (lactones) is 1. The molecule has 17 nitrogen and oxygen atoms in total. The van der Waals surface area contributed by atoms with E-state index in [1.54, 1.807) is 58.9 Å². The predicted molar refractivity (Wildman–Crippen MR) is 188 cm³/mol. The number of amides is 2. The topological polar surface area (TPSA) is 215 Å². The second-order valence-corrected chi connectivity index (χ2v) is 16.1. The molecule has 4 heterocycles. The number of hydrogen-bond donors (Lipinski definition) is 3. The maximum absolute atomic E-state index is 14.3. The molecule has 8 atom stereocenters. The zero-order valence-corrected chi connectivity index (χ0v) is 31.6. The first-order valence-corrected chi connectivity index (χ1v) is 18.4. The Balaban J connectivity index is 1.13. The minimum Gasteiger partial charge on any atom is -0.462 e. The highest BCUT2D eigenvalue weighted by molar-refractivity contribution is 5.94. The summed E-state index contributed by atoms with van der Waals surface area (Å²) >= 11 is 0. The van der Waals surface area contributed by atoms with Gasteiger partial charge in [-0.15, -0.1) is 0 Å². The summed E-state index contributed by atoms with van der Waals surface area (Å²) in [5.74, 6) is -3.46. The van der Waals surface area contributed by atoms with Gasteiger partial charge in [0.1, 0.15) is 48.8 Å². The minimum atomic E-state index is -1.47. The normalized spacial score (nSPS) is 29.9. The molecule has 55 heavy (non-hydrogen) atoms. The molecule has 3 N–H and O–H groups in total. The van der Waals surface area contributed by atoms with Crippen molar-refractivity contribution in [3.8, 4) is 0 Å². The van der Waals surface area contributed by atoms with Crippen LogP contribution in [0.5, 0.6) is 0 Å². The first-order valence-electron chi connectivity index (χ1n) is 18.4. The van der Waals surface area contributed by atoms with Crippen molar-refractivity contribution >= 4 is 41.8 Å². The van der Waals surface area contributed by atoms with Crippen molar-refractivity contribution in [3.05, 3.63) is 41.5 Å². The van der Waals surface area contributed by atoms with Crippen molar-refractivity contribution in [2.45, 2.75) is 115 Å². The highest BCUT2D eigenvalue weighted by atomic mass is 16.8. The number of nitrogens with zero attached hydrogens (tertiary/aromatic N) is 1. The van der Waals surface area contributed by atoms with Gasteiger partial charge in [-0.3, -0.25) is 24.0 Å². The van der Waals surface area contributed by atoms with E-state index in [2.05, 4.69) is 10.6 Å². The first kappa shape index (κ1) is 40.2. The SMILES string of the molecule is CC(C)(C)OC(=O)CC[C@@H](CO)NC(=O)CCNC(=O)[C@@]12C[C@H]3OC(=O)[C@@H]1N(Cc1ccccc1C=CC(=O)O[C@H]1C(=O)OCC1(C)C)O[C@@H]2[C@H]1OCO[C@H]13. The third kappa shape index (κ3) is 8.55. The molecule has 300 valence electrons. The van der Waals surface area contributed by atoms with Crippen LogP contribution in [0.25, 0.3) is 6.08 Å².